The summed E-state index contributed by atoms with van der Waals surface area (Å²) >= 11 is 0. The number of aryl methyl sites for hydroxylation is 1. The van der Waals surface area contributed by atoms with E-state index in [4.69, 9.17) is 5.73 Å². The fourth-order valence-corrected chi connectivity index (χ4v) is 2.29. The molecular weight excluding hydrogens is 232 g/mol. The van der Waals surface area contributed by atoms with Crippen LogP contribution < -0.4 is 10.6 Å². The van der Waals surface area contributed by atoms with Gasteiger partial charge >= 0.3 is 0 Å². The third-order valence-corrected chi connectivity index (χ3v) is 3.24. The monoisotopic (exact) mass is 254 g/mol. The summed E-state index contributed by atoms with van der Waals surface area (Å²) in [5, 5.41) is 0. The van der Waals surface area contributed by atoms with E-state index in [1.54, 1.807) is 0 Å². The largest absolute Gasteiger partial charge is 0.397 e. The summed E-state index contributed by atoms with van der Waals surface area (Å²) in [4.78, 5) is 2.36. The molecule has 0 aliphatic rings. The first kappa shape index (κ1) is 13.5. The number of rotatable bonds is 5. The first-order valence-corrected chi connectivity index (χ1v) is 6.85. The van der Waals surface area contributed by atoms with Crippen LogP contribution in [0.2, 0.25) is 0 Å². The zero-order chi connectivity index (χ0) is 13.7. The van der Waals surface area contributed by atoms with E-state index in [1.807, 2.05) is 6.07 Å². The highest BCUT2D eigenvalue weighted by Gasteiger charge is 2.10. The van der Waals surface area contributed by atoms with Crippen molar-refractivity contribution in [3.05, 3.63) is 59.7 Å². The van der Waals surface area contributed by atoms with E-state index in [1.165, 1.54) is 11.1 Å². The van der Waals surface area contributed by atoms with E-state index in [-0.39, 0.29) is 0 Å². The van der Waals surface area contributed by atoms with Gasteiger partial charge in [0.25, 0.3) is 0 Å². The van der Waals surface area contributed by atoms with Crippen molar-refractivity contribution in [1.82, 2.24) is 0 Å². The van der Waals surface area contributed by atoms with Gasteiger partial charge in [-0.3, -0.25) is 0 Å². The first-order chi connectivity index (χ1) is 9.20. The lowest BCUT2D eigenvalue weighted by molar-refractivity contribution is 0.768. The minimum atomic E-state index is 0.856. The first-order valence-electron chi connectivity index (χ1n) is 6.85. The van der Waals surface area contributed by atoms with Crippen molar-refractivity contribution in [1.29, 1.82) is 0 Å². The maximum Gasteiger partial charge on any atom is 0.0605 e. The van der Waals surface area contributed by atoms with Crippen molar-refractivity contribution in [3.63, 3.8) is 0 Å². The molecule has 2 N–H and O–H groups in total. The molecule has 0 atom stereocenters. The number of hydrogen-bond donors (Lipinski definition) is 1. The molecule has 2 heteroatoms. The average Bonchev–Trinajstić information content (AvgIpc) is 2.42. The van der Waals surface area contributed by atoms with Crippen molar-refractivity contribution >= 4 is 11.4 Å². The molecule has 0 aliphatic carbocycles. The van der Waals surface area contributed by atoms with Crippen LogP contribution in [0.25, 0.3) is 0 Å². The molecule has 0 aliphatic heterocycles. The van der Waals surface area contributed by atoms with Gasteiger partial charge in [0.1, 0.15) is 0 Å². The van der Waals surface area contributed by atoms with E-state index in [0.29, 0.717) is 0 Å². The third-order valence-electron chi connectivity index (χ3n) is 3.24. The van der Waals surface area contributed by atoms with Crippen LogP contribution in [0.4, 0.5) is 11.4 Å². The summed E-state index contributed by atoms with van der Waals surface area (Å²) in [5.74, 6) is 0. The van der Waals surface area contributed by atoms with Gasteiger partial charge in [-0.2, -0.15) is 0 Å². The van der Waals surface area contributed by atoms with E-state index in [2.05, 4.69) is 61.2 Å². The van der Waals surface area contributed by atoms with Crippen molar-refractivity contribution in [2.45, 2.75) is 26.8 Å². The summed E-state index contributed by atoms with van der Waals surface area (Å²) in [6, 6.07) is 16.8. The Labute approximate surface area is 115 Å². The Morgan fingerprint density at radius 1 is 1.05 bits per heavy atom. The van der Waals surface area contributed by atoms with Crippen molar-refractivity contribution in [3.8, 4) is 0 Å². The molecule has 100 valence electrons. The molecule has 2 aromatic carbocycles. The molecular formula is C17H22N2. The smallest absolute Gasteiger partial charge is 0.0605 e. The van der Waals surface area contributed by atoms with E-state index in [9.17, 15) is 0 Å². The fourth-order valence-electron chi connectivity index (χ4n) is 2.29. The second kappa shape index (κ2) is 6.28. The van der Waals surface area contributed by atoms with Gasteiger partial charge in [0, 0.05) is 13.1 Å². The van der Waals surface area contributed by atoms with Crippen LogP contribution in [-0.4, -0.2) is 6.54 Å². The molecule has 0 radical (unpaired) electrons. The number of nitrogen functional groups attached to an aromatic ring is 1. The lowest BCUT2D eigenvalue weighted by Gasteiger charge is -2.26. The summed E-state index contributed by atoms with van der Waals surface area (Å²) in [6.07, 6.45) is 1.11. The highest BCUT2D eigenvalue weighted by atomic mass is 15.1. The summed E-state index contributed by atoms with van der Waals surface area (Å²) in [7, 11) is 0. The molecule has 0 saturated heterocycles. The van der Waals surface area contributed by atoms with Gasteiger partial charge in [-0.15, -0.1) is 0 Å². The highest BCUT2D eigenvalue weighted by Crippen LogP contribution is 2.26. The van der Waals surface area contributed by atoms with Crippen LogP contribution in [0.5, 0.6) is 0 Å². The normalized spacial score (nSPS) is 10.4. The summed E-state index contributed by atoms with van der Waals surface area (Å²) in [6.45, 7) is 6.23. The Kier molecular flexibility index (Phi) is 4.45. The molecule has 0 saturated carbocycles. The molecule has 0 amide bonds. The van der Waals surface area contributed by atoms with Gasteiger partial charge < -0.3 is 10.6 Å². The minimum absolute atomic E-state index is 0.856. The predicted molar refractivity (Wildman–Crippen MR) is 83.4 cm³/mol. The predicted octanol–water partition coefficient (Wildman–Crippen LogP) is 3.99. The minimum Gasteiger partial charge on any atom is -0.397 e. The maximum absolute atomic E-state index is 6.13. The van der Waals surface area contributed by atoms with Crippen molar-refractivity contribution in [2.75, 3.05) is 17.2 Å². The SMILES string of the molecule is CCCN(Cc1ccccc1)c1cc(C)ccc1N. The van der Waals surface area contributed by atoms with Gasteiger partial charge in [0.05, 0.1) is 11.4 Å². The molecule has 0 heterocycles. The Morgan fingerprint density at radius 3 is 2.47 bits per heavy atom. The second-order valence-electron chi connectivity index (χ2n) is 4.97. The summed E-state index contributed by atoms with van der Waals surface area (Å²) in [5.41, 5.74) is 10.7. The molecule has 2 rings (SSSR count). The number of hydrogen-bond acceptors (Lipinski definition) is 2. The van der Waals surface area contributed by atoms with Crippen LogP contribution >= 0.6 is 0 Å². The Morgan fingerprint density at radius 2 is 1.79 bits per heavy atom. The molecule has 0 fully saturated rings. The van der Waals surface area contributed by atoms with Crippen molar-refractivity contribution < 1.29 is 0 Å². The lowest BCUT2D eigenvalue weighted by Crippen LogP contribution is -2.24. The molecule has 0 aromatic heterocycles. The van der Waals surface area contributed by atoms with Crippen molar-refractivity contribution in [2.24, 2.45) is 0 Å². The molecule has 0 spiro atoms. The maximum atomic E-state index is 6.13. The van der Waals surface area contributed by atoms with Gasteiger partial charge in [-0.1, -0.05) is 43.3 Å². The van der Waals surface area contributed by atoms with Crippen LogP contribution in [0, 0.1) is 6.92 Å². The van der Waals surface area contributed by atoms with Crippen LogP contribution in [-0.2, 0) is 6.54 Å². The zero-order valence-corrected chi connectivity index (χ0v) is 11.8. The van der Waals surface area contributed by atoms with Crippen LogP contribution in [0.1, 0.15) is 24.5 Å². The van der Waals surface area contributed by atoms with Gasteiger partial charge in [-0.05, 0) is 36.6 Å². The lowest BCUT2D eigenvalue weighted by atomic mass is 10.1. The molecule has 2 aromatic rings. The van der Waals surface area contributed by atoms with E-state index in [0.717, 1.165) is 30.9 Å². The number of nitrogens with zero attached hydrogens (tertiary/aromatic N) is 1. The average molecular weight is 254 g/mol. The van der Waals surface area contributed by atoms with E-state index < -0.39 is 0 Å². The third kappa shape index (κ3) is 3.50. The Hall–Kier alpha value is -1.96. The molecule has 0 bridgehead atoms. The standard InChI is InChI=1S/C17H22N2/c1-3-11-19(13-15-7-5-4-6-8-15)17-12-14(2)9-10-16(17)18/h4-10,12H,3,11,13,18H2,1-2H3. The van der Waals surface area contributed by atoms with Crippen LogP contribution in [0.3, 0.4) is 0 Å². The Balaban J connectivity index is 2.27. The van der Waals surface area contributed by atoms with E-state index >= 15 is 0 Å². The topological polar surface area (TPSA) is 29.3 Å². The second-order valence-corrected chi connectivity index (χ2v) is 4.97. The highest BCUT2D eigenvalue weighted by molar-refractivity contribution is 5.68. The fraction of sp³-hybridized carbons (Fsp3) is 0.294. The molecule has 0 unspecified atom stereocenters. The molecule has 2 nitrogen and oxygen atoms in total. The van der Waals surface area contributed by atoms with Crippen LogP contribution in [0.15, 0.2) is 48.5 Å². The van der Waals surface area contributed by atoms with Gasteiger partial charge in [-0.25, -0.2) is 0 Å². The van der Waals surface area contributed by atoms with Gasteiger partial charge in [0.15, 0.2) is 0 Å². The number of benzene rings is 2. The van der Waals surface area contributed by atoms with Gasteiger partial charge in [0.2, 0.25) is 0 Å². The number of anilines is 2. The molecule has 19 heavy (non-hydrogen) atoms. The number of nitrogens with two attached hydrogens (primary N) is 1. The Bertz CT molecular complexity index is 520. The zero-order valence-electron chi connectivity index (χ0n) is 11.8. The quantitative estimate of drug-likeness (QED) is 0.817. The summed E-state index contributed by atoms with van der Waals surface area (Å²) < 4.78 is 0.